The van der Waals surface area contributed by atoms with Crippen LogP contribution in [0.2, 0.25) is 0 Å². The Hall–Kier alpha value is -1.98. The summed E-state index contributed by atoms with van der Waals surface area (Å²) in [5.41, 5.74) is 3.18. The van der Waals surface area contributed by atoms with Crippen LogP contribution in [0.15, 0.2) is 36.4 Å². The molecule has 5 heteroatoms. The van der Waals surface area contributed by atoms with Crippen molar-refractivity contribution < 1.29 is 9.53 Å². The molecule has 118 valence electrons. The summed E-state index contributed by atoms with van der Waals surface area (Å²) in [5.74, 6) is -0.288. The molecule has 0 N–H and O–H groups in total. The second-order valence-electron chi connectivity index (χ2n) is 5.19. The summed E-state index contributed by atoms with van der Waals surface area (Å²) in [4.78, 5) is 19.3. The zero-order chi connectivity index (χ0) is 16.4. The largest absolute Gasteiger partial charge is 0.462 e. The van der Waals surface area contributed by atoms with E-state index in [-0.39, 0.29) is 5.97 Å². The number of thiazole rings is 1. The number of hydrogen-bond acceptors (Lipinski definition) is 5. The lowest BCUT2D eigenvalue weighted by Crippen LogP contribution is -2.03. The van der Waals surface area contributed by atoms with Crippen molar-refractivity contribution in [1.82, 2.24) is 4.98 Å². The van der Waals surface area contributed by atoms with Gasteiger partial charge in [-0.05, 0) is 38.5 Å². The van der Waals surface area contributed by atoms with E-state index in [0.29, 0.717) is 11.5 Å². The zero-order valence-corrected chi connectivity index (χ0v) is 14.9. The van der Waals surface area contributed by atoms with Crippen LogP contribution < -0.4 is 0 Å². The Morgan fingerprint density at radius 2 is 1.91 bits per heavy atom. The molecule has 0 radical (unpaired) electrons. The lowest BCUT2D eigenvalue weighted by molar-refractivity contribution is 0.0531. The van der Waals surface area contributed by atoms with Gasteiger partial charge in [-0.15, -0.1) is 22.7 Å². The van der Waals surface area contributed by atoms with Crippen LogP contribution >= 0.6 is 22.7 Å². The highest BCUT2D eigenvalue weighted by atomic mass is 32.1. The van der Waals surface area contributed by atoms with Gasteiger partial charge < -0.3 is 4.74 Å². The molecule has 23 heavy (non-hydrogen) atoms. The molecule has 0 fully saturated rings. The first-order chi connectivity index (χ1) is 11.1. The Morgan fingerprint density at radius 3 is 2.65 bits per heavy atom. The molecule has 0 bridgehead atoms. The van der Waals surface area contributed by atoms with E-state index in [2.05, 4.69) is 48.3 Å². The molecular formula is C18H17NO2S2. The summed E-state index contributed by atoms with van der Waals surface area (Å²) in [7, 11) is 0. The van der Waals surface area contributed by atoms with Crippen molar-refractivity contribution in [2.24, 2.45) is 0 Å². The fraction of sp³-hybridized carbons (Fsp3) is 0.222. The Labute approximate surface area is 143 Å². The summed E-state index contributed by atoms with van der Waals surface area (Å²) in [5, 5.41) is 0.870. The van der Waals surface area contributed by atoms with Gasteiger partial charge in [0.1, 0.15) is 9.88 Å². The summed E-state index contributed by atoms with van der Waals surface area (Å²) < 4.78 is 5.08. The molecule has 0 aliphatic heterocycles. The van der Waals surface area contributed by atoms with E-state index in [4.69, 9.17) is 4.74 Å². The number of hydrogen-bond donors (Lipinski definition) is 0. The topological polar surface area (TPSA) is 39.2 Å². The van der Waals surface area contributed by atoms with Crippen molar-refractivity contribution in [3.63, 3.8) is 0 Å². The summed E-state index contributed by atoms with van der Waals surface area (Å²) >= 11 is 3.09. The van der Waals surface area contributed by atoms with Crippen LogP contribution in [0, 0.1) is 13.8 Å². The first-order valence-corrected chi connectivity index (χ1v) is 9.03. The molecule has 0 amide bonds. The minimum absolute atomic E-state index is 0.288. The number of carbonyl (C=O) groups is 1. The number of carbonyl (C=O) groups excluding carboxylic acids is 1. The maximum Gasteiger partial charge on any atom is 0.350 e. The van der Waals surface area contributed by atoms with E-state index in [9.17, 15) is 4.79 Å². The number of aromatic nitrogens is 1. The van der Waals surface area contributed by atoms with E-state index < -0.39 is 0 Å². The molecule has 0 saturated heterocycles. The monoisotopic (exact) mass is 343 g/mol. The summed E-state index contributed by atoms with van der Waals surface area (Å²) in [6.07, 6.45) is 0. The van der Waals surface area contributed by atoms with Gasteiger partial charge in [0.25, 0.3) is 0 Å². The van der Waals surface area contributed by atoms with Gasteiger partial charge in [0.2, 0.25) is 0 Å². The van der Waals surface area contributed by atoms with Crippen LogP contribution in [-0.4, -0.2) is 17.6 Å². The molecule has 0 aliphatic rings. The van der Waals surface area contributed by atoms with E-state index in [0.717, 1.165) is 15.6 Å². The molecule has 0 aliphatic carbocycles. The third-order valence-corrected chi connectivity index (χ3v) is 5.82. The molecule has 0 atom stereocenters. The lowest BCUT2D eigenvalue weighted by Gasteiger charge is -1.98. The van der Waals surface area contributed by atoms with Gasteiger partial charge in [-0.1, -0.05) is 29.8 Å². The average Bonchev–Trinajstić information content (AvgIpc) is 3.14. The summed E-state index contributed by atoms with van der Waals surface area (Å²) in [6, 6.07) is 12.6. The quantitative estimate of drug-likeness (QED) is 0.601. The number of nitrogens with zero attached hydrogens (tertiary/aromatic N) is 1. The highest BCUT2D eigenvalue weighted by molar-refractivity contribution is 7.24. The Balaban J connectivity index is 1.92. The predicted octanol–water partition coefficient (Wildman–Crippen LogP) is 5.33. The van der Waals surface area contributed by atoms with Crippen LogP contribution in [0.25, 0.3) is 20.3 Å². The number of esters is 1. The van der Waals surface area contributed by atoms with Crippen LogP contribution in [0.4, 0.5) is 0 Å². The molecule has 0 spiro atoms. The van der Waals surface area contributed by atoms with Crippen molar-refractivity contribution in [3.05, 3.63) is 52.5 Å². The molecule has 1 aromatic carbocycles. The van der Waals surface area contributed by atoms with E-state index >= 15 is 0 Å². The summed E-state index contributed by atoms with van der Waals surface area (Å²) in [6.45, 7) is 6.12. The smallest absolute Gasteiger partial charge is 0.350 e. The third-order valence-electron chi connectivity index (χ3n) is 3.38. The van der Waals surface area contributed by atoms with E-state index in [1.807, 2.05) is 13.8 Å². The standard InChI is InChI=1S/C18H17NO2S2/c1-4-21-18(20)16-12(3)19-17(23-16)15-9-8-14(22-15)13-7-5-6-11(2)10-13/h5-10H,4H2,1-3H3. The predicted molar refractivity (Wildman–Crippen MR) is 96.3 cm³/mol. The molecule has 3 aromatic rings. The molecule has 0 unspecified atom stereocenters. The normalized spacial score (nSPS) is 10.7. The Kier molecular flexibility index (Phi) is 4.59. The zero-order valence-electron chi connectivity index (χ0n) is 13.3. The molecule has 3 nitrogen and oxygen atoms in total. The van der Waals surface area contributed by atoms with Crippen molar-refractivity contribution in [2.45, 2.75) is 20.8 Å². The Morgan fingerprint density at radius 1 is 1.13 bits per heavy atom. The fourth-order valence-corrected chi connectivity index (χ4v) is 4.31. The first-order valence-electron chi connectivity index (χ1n) is 7.40. The lowest BCUT2D eigenvalue weighted by atomic mass is 10.1. The maximum atomic E-state index is 11.9. The molecular weight excluding hydrogens is 326 g/mol. The second-order valence-corrected chi connectivity index (χ2v) is 7.27. The van der Waals surface area contributed by atoms with Crippen LogP contribution in [0.3, 0.4) is 0 Å². The van der Waals surface area contributed by atoms with Gasteiger partial charge in [0.05, 0.1) is 17.2 Å². The van der Waals surface area contributed by atoms with E-state index in [1.54, 1.807) is 11.3 Å². The minimum Gasteiger partial charge on any atom is -0.462 e. The highest BCUT2D eigenvalue weighted by Gasteiger charge is 2.18. The van der Waals surface area contributed by atoms with Crippen LogP contribution in [0.1, 0.15) is 27.9 Å². The van der Waals surface area contributed by atoms with Gasteiger partial charge in [0, 0.05) is 4.88 Å². The number of rotatable bonds is 4. The SMILES string of the molecule is CCOC(=O)c1sc(-c2ccc(-c3cccc(C)c3)s2)nc1C. The molecule has 2 aromatic heterocycles. The molecule has 2 heterocycles. The van der Waals surface area contributed by atoms with Gasteiger partial charge in [-0.25, -0.2) is 9.78 Å². The third kappa shape index (κ3) is 3.35. The van der Waals surface area contributed by atoms with Crippen LogP contribution in [0.5, 0.6) is 0 Å². The minimum atomic E-state index is -0.288. The van der Waals surface area contributed by atoms with Crippen molar-refractivity contribution in [1.29, 1.82) is 0 Å². The fourth-order valence-electron chi connectivity index (χ4n) is 2.29. The molecule has 3 rings (SSSR count). The second kappa shape index (κ2) is 6.64. The maximum absolute atomic E-state index is 11.9. The Bertz CT molecular complexity index is 848. The number of ether oxygens (including phenoxy) is 1. The number of aryl methyl sites for hydroxylation is 2. The van der Waals surface area contributed by atoms with E-state index in [1.165, 1.54) is 27.3 Å². The van der Waals surface area contributed by atoms with Crippen molar-refractivity contribution in [2.75, 3.05) is 6.61 Å². The van der Waals surface area contributed by atoms with Crippen molar-refractivity contribution >= 4 is 28.6 Å². The first kappa shape index (κ1) is 15.9. The van der Waals surface area contributed by atoms with Gasteiger partial charge in [0.15, 0.2) is 0 Å². The van der Waals surface area contributed by atoms with Crippen molar-refractivity contribution in [3.8, 4) is 20.3 Å². The van der Waals surface area contributed by atoms with Gasteiger partial charge in [-0.2, -0.15) is 0 Å². The van der Waals surface area contributed by atoms with Gasteiger partial charge in [-0.3, -0.25) is 0 Å². The molecule has 0 saturated carbocycles. The van der Waals surface area contributed by atoms with Gasteiger partial charge >= 0.3 is 5.97 Å². The highest BCUT2D eigenvalue weighted by Crippen LogP contribution is 2.37. The number of thiophene rings is 1. The van der Waals surface area contributed by atoms with Crippen LogP contribution in [-0.2, 0) is 4.74 Å². The number of benzene rings is 1. The average molecular weight is 343 g/mol.